The van der Waals surface area contributed by atoms with Gasteiger partial charge in [-0.25, -0.2) is 8.42 Å². The van der Waals surface area contributed by atoms with Gasteiger partial charge in [-0.2, -0.15) is 9.57 Å². The van der Waals surface area contributed by atoms with Gasteiger partial charge in [0.25, 0.3) is 0 Å². The smallest absolute Gasteiger partial charge is 0.244 e. The summed E-state index contributed by atoms with van der Waals surface area (Å²) in [7, 11) is -3.85. The van der Waals surface area contributed by atoms with E-state index in [-0.39, 0.29) is 28.9 Å². The Morgan fingerprint density at radius 1 is 1.27 bits per heavy atom. The Bertz CT molecular complexity index is 1180. The molecule has 0 radical (unpaired) electrons. The Kier molecular flexibility index (Phi) is 3.88. The molecular formula is C17H13ClN4O3S. The Hall–Kier alpha value is -2.60. The molecule has 3 aromatic rings. The van der Waals surface area contributed by atoms with E-state index in [1.54, 1.807) is 22.9 Å². The molecule has 0 aliphatic carbocycles. The molecule has 4 rings (SSSR count). The molecule has 0 spiro atoms. The second kappa shape index (κ2) is 5.99. The first-order valence-electron chi connectivity index (χ1n) is 7.78. The minimum absolute atomic E-state index is 0.0100. The van der Waals surface area contributed by atoms with Gasteiger partial charge in [0.05, 0.1) is 39.8 Å². The van der Waals surface area contributed by atoms with Crippen LogP contribution < -0.4 is 0 Å². The number of nitrogens with zero attached hydrogens (tertiary/aromatic N) is 4. The highest BCUT2D eigenvalue weighted by Gasteiger charge is 2.33. The number of nitriles is 1. The van der Waals surface area contributed by atoms with E-state index in [9.17, 15) is 13.5 Å². The molecule has 7 nitrogen and oxygen atoms in total. The van der Waals surface area contributed by atoms with Crippen molar-refractivity contribution < 1.29 is 13.5 Å². The van der Waals surface area contributed by atoms with E-state index in [0.29, 0.717) is 28.7 Å². The fraction of sp³-hybridized carbons (Fsp3) is 0.176. The molecule has 0 atom stereocenters. The van der Waals surface area contributed by atoms with Crippen molar-refractivity contribution in [2.75, 3.05) is 6.54 Å². The molecule has 132 valence electrons. The predicted molar refractivity (Wildman–Crippen MR) is 95.2 cm³/mol. The SMILES string of the molecule is N#Cc1ccc(S(=O)(=O)N2CCn3c(O)c4cccnc4c3C2)c(Cl)c1. The monoisotopic (exact) mass is 388 g/mol. The quantitative estimate of drug-likeness (QED) is 0.727. The number of pyridine rings is 1. The molecule has 0 saturated heterocycles. The zero-order valence-corrected chi connectivity index (χ0v) is 15.0. The van der Waals surface area contributed by atoms with Gasteiger partial charge in [-0.15, -0.1) is 0 Å². The summed E-state index contributed by atoms with van der Waals surface area (Å²) in [5, 5.41) is 19.9. The zero-order chi connectivity index (χ0) is 18.5. The summed E-state index contributed by atoms with van der Waals surface area (Å²) >= 11 is 6.10. The van der Waals surface area contributed by atoms with Crippen LogP contribution in [0.5, 0.6) is 5.88 Å². The summed E-state index contributed by atoms with van der Waals surface area (Å²) in [6.07, 6.45) is 1.60. The van der Waals surface area contributed by atoms with Crippen molar-refractivity contribution >= 4 is 32.5 Å². The lowest BCUT2D eigenvalue weighted by molar-refractivity contribution is 0.318. The highest BCUT2D eigenvalue weighted by molar-refractivity contribution is 7.89. The molecule has 26 heavy (non-hydrogen) atoms. The van der Waals surface area contributed by atoms with Crippen LogP contribution >= 0.6 is 11.6 Å². The largest absolute Gasteiger partial charge is 0.494 e. The number of hydrogen-bond donors (Lipinski definition) is 1. The van der Waals surface area contributed by atoms with Crippen molar-refractivity contribution in [2.24, 2.45) is 0 Å². The Morgan fingerprint density at radius 3 is 2.81 bits per heavy atom. The van der Waals surface area contributed by atoms with Crippen molar-refractivity contribution in [1.29, 1.82) is 5.26 Å². The van der Waals surface area contributed by atoms with Gasteiger partial charge < -0.3 is 9.67 Å². The van der Waals surface area contributed by atoms with Crippen molar-refractivity contribution in [1.82, 2.24) is 13.9 Å². The molecule has 3 heterocycles. The van der Waals surface area contributed by atoms with Crippen LogP contribution in [0.25, 0.3) is 10.9 Å². The summed E-state index contributed by atoms with van der Waals surface area (Å²) in [6.45, 7) is 0.581. The number of hydrogen-bond acceptors (Lipinski definition) is 5. The van der Waals surface area contributed by atoms with Gasteiger partial charge in [0.2, 0.25) is 15.9 Å². The molecule has 0 amide bonds. The molecule has 1 aliphatic heterocycles. The highest BCUT2D eigenvalue weighted by atomic mass is 35.5. The van der Waals surface area contributed by atoms with Gasteiger partial charge in [0.1, 0.15) is 4.90 Å². The van der Waals surface area contributed by atoms with E-state index in [1.165, 1.54) is 22.5 Å². The van der Waals surface area contributed by atoms with E-state index in [0.717, 1.165) is 0 Å². The maximum absolute atomic E-state index is 13.0. The van der Waals surface area contributed by atoms with Crippen LogP contribution in [0.15, 0.2) is 41.4 Å². The van der Waals surface area contributed by atoms with Gasteiger partial charge in [-0.3, -0.25) is 4.98 Å². The van der Waals surface area contributed by atoms with Crippen molar-refractivity contribution in [3.63, 3.8) is 0 Å². The fourth-order valence-corrected chi connectivity index (χ4v) is 5.11. The summed E-state index contributed by atoms with van der Waals surface area (Å²) in [4.78, 5) is 4.24. The van der Waals surface area contributed by atoms with Crippen LogP contribution in [0.2, 0.25) is 5.02 Å². The number of sulfonamides is 1. The molecule has 1 aliphatic rings. The normalized spacial score (nSPS) is 14.9. The summed E-state index contributed by atoms with van der Waals surface area (Å²) in [5.41, 5.74) is 1.51. The predicted octanol–water partition coefficient (Wildman–Crippen LogP) is 2.47. The maximum atomic E-state index is 13.0. The first kappa shape index (κ1) is 16.8. The van der Waals surface area contributed by atoms with Crippen LogP contribution in [-0.4, -0.2) is 33.9 Å². The Balaban J connectivity index is 1.77. The van der Waals surface area contributed by atoms with E-state index >= 15 is 0 Å². The molecular weight excluding hydrogens is 376 g/mol. The minimum atomic E-state index is -3.85. The summed E-state index contributed by atoms with van der Waals surface area (Å²) < 4.78 is 29.0. The molecule has 0 unspecified atom stereocenters. The third-order valence-corrected chi connectivity index (χ3v) is 6.81. The first-order chi connectivity index (χ1) is 12.4. The van der Waals surface area contributed by atoms with Crippen molar-refractivity contribution in [3.8, 4) is 11.9 Å². The number of aromatic hydroxyl groups is 1. The number of fused-ring (bicyclic) bond motifs is 3. The molecule has 1 N–H and O–H groups in total. The third kappa shape index (κ3) is 2.44. The van der Waals surface area contributed by atoms with E-state index in [2.05, 4.69) is 4.98 Å². The van der Waals surface area contributed by atoms with Crippen LogP contribution in [-0.2, 0) is 23.1 Å². The molecule has 0 saturated carbocycles. The van der Waals surface area contributed by atoms with Gasteiger partial charge >= 0.3 is 0 Å². The zero-order valence-electron chi connectivity index (χ0n) is 13.4. The van der Waals surface area contributed by atoms with Crippen molar-refractivity contribution in [2.45, 2.75) is 18.0 Å². The van der Waals surface area contributed by atoms with Gasteiger partial charge in [0, 0.05) is 19.3 Å². The number of halogens is 1. The molecule has 9 heteroatoms. The Morgan fingerprint density at radius 2 is 2.08 bits per heavy atom. The average molecular weight is 389 g/mol. The van der Waals surface area contributed by atoms with Crippen molar-refractivity contribution in [3.05, 3.63) is 52.8 Å². The van der Waals surface area contributed by atoms with Gasteiger partial charge in [-0.05, 0) is 30.3 Å². The number of aromatic nitrogens is 2. The summed E-state index contributed by atoms with van der Waals surface area (Å²) in [6, 6.07) is 9.51. The van der Waals surface area contributed by atoms with E-state index in [4.69, 9.17) is 16.9 Å². The van der Waals surface area contributed by atoms with E-state index < -0.39 is 10.0 Å². The maximum Gasteiger partial charge on any atom is 0.244 e. The second-order valence-corrected chi connectivity index (χ2v) is 8.23. The molecule has 1 aromatic carbocycles. The lowest BCUT2D eigenvalue weighted by Gasteiger charge is -2.28. The molecule has 0 fully saturated rings. The first-order valence-corrected chi connectivity index (χ1v) is 9.60. The van der Waals surface area contributed by atoms with E-state index in [1.807, 2.05) is 6.07 Å². The average Bonchev–Trinajstić information content (AvgIpc) is 2.94. The standard InChI is InChI=1S/C17H13ClN4O3S/c18-13-8-11(9-19)3-4-15(13)26(24,25)21-6-7-22-14(10-21)16-12(17(22)23)2-1-5-20-16/h1-5,8,23H,6-7,10H2. The van der Waals surface area contributed by atoms with Gasteiger partial charge in [0.15, 0.2) is 0 Å². The fourth-order valence-electron chi connectivity index (χ4n) is 3.20. The second-order valence-electron chi connectivity index (χ2n) is 5.92. The van der Waals surface area contributed by atoms with Crippen LogP contribution in [0.3, 0.4) is 0 Å². The van der Waals surface area contributed by atoms with Crippen LogP contribution in [0.4, 0.5) is 0 Å². The lowest BCUT2D eigenvalue weighted by atomic mass is 10.2. The highest BCUT2D eigenvalue weighted by Crippen LogP contribution is 2.35. The van der Waals surface area contributed by atoms with Crippen LogP contribution in [0.1, 0.15) is 11.3 Å². The topological polar surface area (TPSA) is 99.2 Å². The molecule has 2 aromatic heterocycles. The van der Waals surface area contributed by atoms with Gasteiger partial charge in [-0.1, -0.05) is 11.6 Å². The number of rotatable bonds is 2. The van der Waals surface area contributed by atoms with Crippen LogP contribution in [0, 0.1) is 11.3 Å². The lowest BCUT2D eigenvalue weighted by Crippen LogP contribution is -2.38. The summed E-state index contributed by atoms with van der Waals surface area (Å²) in [5.74, 6) is 0.0940. The number of benzene rings is 1. The Labute approximate surface area is 154 Å². The molecule has 0 bridgehead atoms. The minimum Gasteiger partial charge on any atom is -0.494 e. The third-order valence-electron chi connectivity index (χ3n) is 4.48.